The highest BCUT2D eigenvalue weighted by Crippen LogP contribution is 2.27. The number of aromatic nitrogens is 4. The first-order valence-electron chi connectivity index (χ1n) is 7.40. The molecule has 122 valence electrons. The van der Waals surface area contributed by atoms with Crippen molar-refractivity contribution in [3.8, 4) is 11.5 Å². The van der Waals surface area contributed by atoms with E-state index in [0.717, 1.165) is 49.0 Å². The van der Waals surface area contributed by atoms with E-state index in [9.17, 15) is 0 Å². The number of halogens is 1. The summed E-state index contributed by atoms with van der Waals surface area (Å²) in [4.78, 5) is 6.86. The van der Waals surface area contributed by atoms with Crippen LogP contribution in [0.4, 0.5) is 0 Å². The van der Waals surface area contributed by atoms with Crippen molar-refractivity contribution in [2.75, 3.05) is 26.7 Å². The molecule has 1 aliphatic heterocycles. The lowest BCUT2D eigenvalue weighted by molar-refractivity contribution is 0.190. The maximum absolute atomic E-state index is 5.50. The van der Waals surface area contributed by atoms with Crippen molar-refractivity contribution < 1.29 is 4.52 Å². The molecule has 0 spiro atoms. The summed E-state index contributed by atoms with van der Waals surface area (Å²) in [6.07, 6.45) is 0. The Morgan fingerprint density at radius 2 is 2.14 bits per heavy atom. The van der Waals surface area contributed by atoms with Gasteiger partial charge in [-0.05, 0) is 27.8 Å². The van der Waals surface area contributed by atoms with E-state index in [2.05, 4.69) is 39.4 Å². The minimum Gasteiger partial charge on any atom is -0.334 e. The van der Waals surface area contributed by atoms with Crippen LogP contribution in [0, 0.1) is 13.8 Å². The normalized spacial score (nSPS) is 19.2. The monoisotopic (exact) mass is 326 g/mol. The van der Waals surface area contributed by atoms with Crippen LogP contribution in [0.3, 0.4) is 0 Å². The van der Waals surface area contributed by atoms with Crippen molar-refractivity contribution in [2.24, 2.45) is 0 Å². The van der Waals surface area contributed by atoms with Crippen LogP contribution in [0.15, 0.2) is 4.52 Å². The van der Waals surface area contributed by atoms with Crippen molar-refractivity contribution in [2.45, 2.75) is 33.4 Å². The van der Waals surface area contributed by atoms with Gasteiger partial charge in [-0.3, -0.25) is 9.58 Å². The molecular formula is C14H23ClN6O. The third kappa shape index (κ3) is 2.88. The molecule has 3 heterocycles. The minimum atomic E-state index is 0. The second-order valence-electron chi connectivity index (χ2n) is 5.52. The van der Waals surface area contributed by atoms with Crippen LogP contribution in [0.5, 0.6) is 0 Å². The Hall–Kier alpha value is -1.44. The van der Waals surface area contributed by atoms with Crippen LogP contribution in [0.25, 0.3) is 11.5 Å². The van der Waals surface area contributed by atoms with Crippen molar-refractivity contribution in [3.05, 3.63) is 17.2 Å². The molecule has 0 bridgehead atoms. The van der Waals surface area contributed by atoms with Gasteiger partial charge in [0.05, 0.1) is 17.3 Å². The Balaban J connectivity index is 0.00000176. The summed E-state index contributed by atoms with van der Waals surface area (Å²) >= 11 is 0. The molecule has 1 atom stereocenters. The summed E-state index contributed by atoms with van der Waals surface area (Å²) < 4.78 is 7.46. The van der Waals surface area contributed by atoms with Crippen LogP contribution in [-0.2, 0) is 6.54 Å². The van der Waals surface area contributed by atoms with Crippen molar-refractivity contribution in [3.63, 3.8) is 0 Å². The number of rotatable bonds is 3. The van der Waals surface area contributed by atoms with Crippen LogP contribution in [0.2, 0.25) is 0 Å². The fourth-order valence-corrected chi connectivity index (χ4v) is 2.88. The van der Waals surface area contributed by atoms with E-state index < -0.39 is 0 Å². The highest BCUT2D eigenvalue weighted by Gasteiger charge is 2.27. The van der Waals surface area contributed by atoms with Crippen molar-refractivity contribution in [1.29, 1.82) is 0 Å². The second-order valence-corrected chi connectivity index (χ2v) is 5.52. The number of hydrogen-bond donors (Lipinski definition) is 1. The van der Waals surface area contributed by atoms with Crippen molar-refractivity contribution in [1.82, 2.24) is 30.1 Å². The summed E-state index contributed by atoms with van der Waals surface area (Å²) in [5.41, 5.74) is 2.96. The van der Waals surface area contributed by atoms with E-state index in [1.165, 1.54) is 0 Å². The maximum Gasteiger partial charge on any atom is 0.261 e. The standard InChI is InChI=1S/C14H22N6O.ClH/c1-5-20-10(3)12(9(2)17-20)14-16-13(18-21-14)11-8-15-6-7-19(11)4;/h11,15H,5-8H2,1-4H3;1H. The fourth-order valence-electron chi connectivity index (χ4n) is 2.88. The SMILES string of the molecule is CCn1nc(C)c(-c2nc(C3CNCCN3C)no2)c1C.Cl. The Kier molecular flexibility index (Phi) is 5.20. The summed E-state index contributed by atoms with van der Waals surface area (Å²) in [5.74, 6) is 1.31. The maximum atomic E-state index is 5.50. The largest absolute Gasteiger partial charge is 0.334 e. The molecule has 1 unspecified atom stereocenters. The number of nitrogens with zero attached hydrogens (tertiary/aromatic N) is 5. The number of aryl methyl sites for hydroxylation is 2. The molecule has 22 heavy (non-hydrogen) atoms. The average Bonchev–Trinajstić information content (AvgIpc) is 3.04. The molecule has 1 fully saturated rings. The minimum absolute atomic E-state index is 0. The quantitative estimate of drug-likeness (QED) is 0.923. The van der Waals surface area contributed by atoms with Crippen LogP contribution in [0.1, 0.15) is 30.2 Å². The Bertz CT molecular complexity index is 637. The summed E-state index contributed by atoms with van der Waals surface area (Å²) in [6, 6.07) is 0.165. The van der Waals surface area contributed by atoms with Crippen LogP contribution in [-0.4, -0.2) is 51.5 Å². The summed E-state index contributed by atoms with van der Waals surface area (Å²) in [7, 11) is 2.09. The van der Waals surface area contributed by atoms with Gasteiger partial charge in [-0.15, -0.1) is 12.4 Å². The third-order valence-corrected chi connectivity index (χ3v) is 4.15. The van der Waals surface area contributed by atoms with E-state index >= 15 is 0 Å². The predicted molar refractivity (Wildman–Crippen MR) is 86.2 cm³/mol. The molecule has 0 aromatic carbocycles. The highest BCUT2D eigenvalue weighted by molar-refractivity contribution is 5.85. The second kappa shape index (κ2) is 6.76. The zero-order chi connectivity index (χ0) is 15.0. The molecule has 7 nitrogen and oxygen atoms in total. The Labute approximate surface area is 136 Å². The third-order valence-electron chi connectivity index (χ3n) is 4.15. The smallest absolute Gasteiger partial charge is 0.261 e. The zero-order valence-corrected chi connectivity index (χ0v) is 14.3. The molecule has 0 saturated carbocycles. The van der Waals surface area contributed by atoms with Gasteiger partial charge < -0.3 is 9.84 Å². The lowest BCUT2D eigenvalue weighted by Gasteiger charge is -2.30. The lowest BCUT2D eigenvalue weighted by Crippen LogP contribution is -2.44. The van der Waals surface area contributed by atoms with Gasteiger partial charge in [-0.1, -0.05) is 5.16 Å². The van der Waals surface area contributed by atoms with Gasteiger partial charge >= 0.3 is 0 Å². The van der Waals surface area contributed by atoms with E-state index in [1.54, 1.807) is 0 Å². The first kappa shape index (κ1) is 16.9. The summed E-state index contributed by atoms with van der Waals surface area (Å²) in [5, 5.41) is 12.1. The number of likely N-dealkylation sites (N-methyl/N-ethyl adjacent to an activating group) is 1. The van der Waals surface area contributed by atoms with Gasteiger partial charge in [-0.25, -0.2) is 0 Å². The van der Waals surface area contributed by atoms with Gasteiger partial charge in [0.25, 0.3) is 5.89 Å². The van der Waals surface area contributed by atoms with Gasteiger partial charge in [0, 0.05) is 31.9 Å². The molecule has 0 amide bonds. The first-order valence-corrected chi connectivity index (χ1v) is 7.40. The Morgan fingerprint density at radius 3 is 2.77 bits per heavy atom. The fraction of sp³-hybridized carbons (Fsp3) is 0.643. The van der Waals surface area contributed by atoms with Crippen molar-refractivity contribution >= 4 is 12.4 Å². The van der Waals surface area contributed by atoms with Gasteiger partial charge in [0.1, 0.15) is 0 Å². The van der Waals surface area contributed by atoms with E-state index in [1.807, 2.05) is 18.5 Å². The molecule has 1 N–H and O–H groups in total. The molecular weight excluding hydrogens is 304 g/mol. The van der Waals surface area contributed by atoms with Crippen LogP contribution >= 0.6 is 12.4 Å². The van der Waals surface area contributed by atoms with Gasteiger partial charge in [0.2, 0.25) is 0 Å². The molecule has 0 radical (unpaired) electrons. The number of piperazine rings is 1. The highest BCUT2D eigenvalue weighted by atomic mass is 35.5. The lowest BCUT2D eigenvalue weighted by atomic mass is 10.2. The Morgan fingerprint density at radius 1 is 1.36 bits per heavy atom. The molecule has 1 aliphatic rings. The first-order chi connectivity index (χ1) is 10.1. The molecule has 2 aromatic rings. The molecule has 1 saturated heterocycles. The van der Waals surface area contributed by atoms with E-state index in [4.69, 9.17) is 4.52 Å². The molecule has 8 heteroatoms. The number of nitrogens with one attached hydrogen (secondary N) is 1. The van der Waals surface area contributed by atoms with Gasteiger partial charge in [0.15, 0.2) is 5.82 Å². The molecule has 3 rings (SSSR count). The van der Waals surface area contributed by atoms with E-state index in [0.29, 0.717) is 5.89 Å². The van der Waals surface area contributed by atoms with Gasteiger partial charge in [-0.2, -0.15) is 10.1 Å². The topological polar surface area (TPSA) is 72.0 Å². The van der Waals surface area contributed by atoms with Crippen LogP contribution < -0.4 is 5.32 Å². The average molecular weight is 327 g/mol. The predicted octanol–water partition coefficient (Wildman–Crippen LogP) is 1.57. The number of hydrogen-bond acceptors (Lipinski definition) is 6. The molecule has 0 aliphatic carbocycles. The van der Waals surface area contributed by atoms with E-state index in [-0.39, 0.29) is 18.4 Å². The summed E-state index contributed by atoms with van der Waals surface area (Å²) in [6.45, 7) is 9.76. The molecule has 2 aromatic heterocycles. The zero-order valence-electron chi connectivity index (χ0n) is 13.5.